The van der Waals surface area contributed by atoms with Gasteiger partial charge in [-0.2, -0.15) is 0 Å². The van der Waals surface area contributed by atoms with Crippen LogP contribution in [0.1, 0.15) is 0 Å². The SMILES string of the molecule is COc1ccc(S(=O)c2ccccc2Sc2ccccc2)c(OC)c1. The normalized spacial score (nSPS) is 11.8. The van der Waals surface area contributed by atoms with Crippen LogP contribution in [0.2, 0.25) is 0 Å². The van der Waals surface area contributed by atoms with Gasteiger partial charge in [-0.1, -0.05) is 42.1 Å². The van der Waals surface area contributed by atoms with Crippen LogP contribution in [-0.2, 0) is 10.8 Å². The average molecular weight is 370 g/mol. The molecular formula is C20H18O3S2. The second-order valence-electron chi connectivity index (χ2n) is 5.15. The van der Waals surface area contributed by atoms with Gasteiger partial charge in [0.15, 0.2) is 0 Å². The Kier molecular flexibility index (Phi) is 5.79. The molecular weight excluding hydrogens is 352 g/mol. The minimum absolute atomic E-state index is 0.553. The highest BCUT2D eigenvalue weighted by Crippen LogP contribution is 2.36. The van der Waals surface area contributed by atoms with Crippen LogP contribution in [0.3, 0.4) is 0 Å². The van der Waals surface area contributed by atoms with E-state index in [1.165, 1.54) is 0 Å². The van der Waals surface area contributed by atoms with E-state index in [-0.39, 0.29) is 0 Å². The van der Waals surface area contributed by atoms with Gasteiger partial charge >= 0.3 is 0 Å². The molecule has 0 heterocycles. The van der Waals surface area contributed by atoms with E-state index in [4.69, 9.17) is 9.47 Å². The minimum Gasteiger partial charge on any atom is -0.497 e. The lowest BCUT2D eigenvalue weighted by Crippen LogP contribution is -1.99. The van der Waals surface area contributed by atoms with Gasteiger partial charge in [-0.3, -0.25) is 0 Å². The van der Waals surface area contributed by atoms with Crippen molar-refractivity contribution in [2.75, 3.05) is 14.2 Å². The summed E-state index contributed by atoms with van der Waals surface area (Å²) in [4.78, 5) is 3.46. The van der Waals surface area contributed by atoms with Crippen LogP contribution >= 0.6 is 11.8 Å². The number of benzene rings is 3. The number of ether oxygens (including phenoxy) is 2. The first kappa shape index (κ1) is 17.6. The highest BCUT2D eigenvalue weighted by Gasteiger charge is 2.17. The summed E-state index contributed by atoms with van der Waals surface area (Å²) >= 11 is 1.60. The fraction of sp³-hybridized carbons (Fsp3) is 0.100. The Hall–Kier alpha value is -2.24. The van der Waals surface area contributed by atoms with Crippen LogP contribution in [0, 0.1) is 0 Å². The van der Waals surface area contributed by atoms with Gasteiger partial charge in [0.25, 0.3) is 0 Å². The lowest BCUT2D eigenvalue weighted by atomic mass is 10.3. The molecule has 1 atom stereocenters. The first-order valence-electron chi connectivity index (χ1n) is 7.68. The maximum atomic E-state index is 13.2. The Balaban J connectivity index is 1.98. The van der Waals surface area contributed by atoms with Gasteiger partial charge in [0.2, 0.25) is 0 Å². The molecule has 25 heavy (non-hydrogen) atoms. The van der Waals surface area contributed by atoms with E-state index >= 15 is 0 Å². The molecule has 0 radical (unpaired) electrons. The molecule has 3 nitrogen and oxygen atoms in total. The minimum atomic E-state index is -1.36. The fourth-order valence-corrected chi connectivity index (χ4v) is 4.77. The molecule has 3 aromatic carbocycles. The van der Waals surface area contributed by atoms with Gasteiger partial charge in [-0.25, -0.2) is 4.21 Å². The van der Waals surface area contributed by atoms with E-state index in [1.54, 1.807) is 44.2 Å². The predicted octanol–water partition coefficient (Wildman–Crippen LogP) is 5.02. The predicted molar refractivity (Wildman–Crippen MR) is 101 cm³/mol. The highest BCUT2D eigenvalue weighted by atomic mass is 32.2. The van der Waals surface area contributed by atoms with Crippen molar-refractivity contribution in [3.8, 4) is 11.5 Å². The largest absolute Gasteiger partial charge is 0.497 e. The molecule has 0 bridgehead atoms. The summed E-state index contributed by atoms with van der Waals surface area (Å²) < 4.78 is 23.8. The van der Waals surface area contributed by atoms with Crippen molar-refractivity contribution in [2.24, 2.45) is 0 Å². The maximum Gasteiger partial charge on any atom is 0.139 e. The van der Waals surface area contributed by atoms with Gasteiger partial charge in [0.05, 0.1) is 34.8 Å². The third-order valence-electron chi connectivity index (χ3n) is 3.59. The standard InChI is InChI=1S/C20H18O3S2/c1-22-15-12-13-19(17(14-15)23-2)25(21)20-11-7-6-10-18(20)24-16-8-4-3-5-9-16/h3-14H,1-2H3. The molecule has 0 amide bonds. The Morgan fingerprint density at radius 3 is 2.24 bits per heavy atom. The molecule has 0 aliphatic carbocycles. The van der Waals surface area contributed by atoms with Crippen LogP contribution in [0.4, 0.5) is 0 Å². The molecule has 0 aromatic heterocycles. The second kappa shape index (κ2) is 8.23. The number of hydrogen-bond donors (Lipinski definition) is 0. The molecule has 1 unspecified atom stereocenters. The molecule has 0 aliphatic rings. The first-order valence-corrected chi connectivity index (χ1v) is 9.65. The van der Waals surface area contributed by atoms with Crippen LogP contribution in [0.25, 0.3) is 0 Å². The molecule has 0 spiro atoms. The molecule has 0 fully saturated rings. The second-order valence-corrected chi connectivity index (χ2v) is 7.68. The van der Waals surface area contributed by atoms with Gasteiger partial charge in [-0.05, 0) is 36.4 Å². The lowest BCUT2D eigenvalue weighted by molar-refractivity contribution is 0.387. The zero-order valence-electron chi connectivity index (χ0n) is 14.0. The van der Waals surface area contributed by atoms with E-state index in [2.05, 4.69) is 0 Å². The van der Waals surface area contributed by atoms with Crippen molar-refractivity contribution < 1.29 is 13.7 Å². The number of rotatable bonds is 6. The number of hydrogen-bond acceptors (Lipinski definition) is 4. The zero-order chi connectivity index (χ0) is 17.6. The molecule has 128 valence electrons. The molecule has 5 heteroatoms. The smallest absolute Gasteiger partial charge is 0.139 e. The lowest BCUT2D eigenvalue weighted by Gasteiger charge is -2.12. The van der Waals surface area contributed by atoms with Crippen LogP contribution in [0.15, 0.2) is 92.4 Å². The third-order valence-corrected chi connectivity index (χ3v) is 6.30. The molecule has 3 aromatic rings. The Morgan fingerprint density at radius 2 is 1.52 bits per heavy atom. The van der Waals surface area contributed by atoms with Crippen LogP contribution in [0.5, 0.6) is 11.5 Å². The van der Waals surface area contributed by atoms with Crippen LogP contribution in [-0.4, -0.2) is 18.4 Å². The van der Waals surface area contributed by atoms with E-state index < -0.39 is 10.8 Å². The van der Waals surface area contributed by atoms with Crippen molar-refractivity contribution in [1.82, 2.24) is 0 Å². The number of methoxy groups -OCH3 is 2. The van der Waals surface area contributed by atoms with Gasteiger partial charge in [0.1, 0.15) is 11.5 Å². The summed E-state index contributed by atoms with van der Waals surface area (Å²) in [5.41, 5.74) is 0. The summed E-state index contributed by atoms with van der Waals surface area (Å²) in [5, 5.41) is 0. The summed E-state index contributed by atoms with van der Waals surface area (Å²) in [6.07, 6.45) is 0. The quantitative estimate of drug-likeness (QED) is 0.610. The first-order chi connectivity index (χ1) is 12.2. The highest BCUT2D eigenvalue weighted by molar-refractivity contribution is 8.00. The van der Waals surface area contributed by atoms with Crippen molar-refractivity contribution in [2.45, 2.75) is 19.6 Å². The molecule has 0 N–H and O–H groups in total. The summed E-state index contributed by atoms with van der Waals surface area (Å²) in [6, 6.07) is 23.1. The fourth-order valence-electron chi connectivity index (χ4n) is 2.35. The maximum absolute atomic E-state index is 13.2. The Labute approximate surface area is 154 Å². The van der Waals surface area contributed by atoms with Crippen LogP contribution < -0.4 is 9.47 Å². The summed E-state index contributed by atoms with van der Waals surface area (Å²) in [7, 11) is 1.81. The zero-order valence-corrected chi connectivity index (χ0v) is 15.6. The average Bonchev–Trinajstić information content (AvgIpc) is 2.68. The van der Waals surface area contributed by atoms with Gasteiger partial charge < -0.3 is 9.47 Å². The topological polar surface area (TPSA) is 35.5 Å². The molecule has 0 aliphatic heterocycles. The molecule has 3 rings (SSSR count). The van der Waals surface area contributed by atoms with E-state index in [0.717, 1.165) is 14.7 Å². The Bertz CT molecular complexity index is 879. The van der Waals surface area contributed by atoms with Crippen molar-refractivity contribution in [1.29, 1.82) is 0 Å². The Morgan fingerprint density at radius 1 is 0.800 bits per heavy atom. The van der Waals surface area contributed by atoms with Crippen molar-refractivity contribution >= 4 is 22.6 Å². The monoisotopic (exact) mass is 370 g/mol. The summed E-state index contributed by atoms with van der Waals surface area (Å²) in [5.74, 6) is 1.22. The van der Waals surface area contributed by atoms with Gasteiger partial charge in [-0.15, -0.1) is 0 Å². The van der Waals surface area contributed by atoms with E-state index in [1.807, 2.05) is 54.6 Å². The summed E-state index contributed by atoms with van der Waals surface area (Å²) in [6.45, 7) is 0. The van der Waals surface area contributed by atoms with E-state index in [9.17, 15) is 4.21 Å². The molecule has 0 saturated carbocycles. The van der Waals surface area contributed by atoms with Crippen molar-refractivity contribution in [3.63, 3.8) is 0 Å². The van der Waals surface area contributed by atoms with E-state index in [0.29, 0.717) is 16.4 Å². The van der Waals surface area contributed by atoms with Crippen molar-refractivity contribution in [3.05, 3.63) is 72.8 Å². The van der Waals surface area contributed by atoms with Gasteiger partial charge in [0, 0.05) is 15.9 Å². The molecule has 0 saturated heterocycles. The third kappa shape index (κ3) is 4.06.